The van der Waals surface area contributed by atoms with E-state index in [4.69, 9.17) is 0 Å². The zero-order chi connectivity index (χ0) is 17.5. The Morgan fingerprint density at radius 3 is 2.44 bits per heavy atom. The number of carbonyl (C=O) groups is 1. The van der Waals surface area contributed by atoms with Crippen LogP contribution in [0.4, 0.5) is 17.1 Å². The molecule has 2 N–H and O–H groups in total. The van der Waals surface area contributed by atoms with Gasteiger partial charge in [-0.2, -0.15) is 0 Å². The van der Waals surface area contributed by atoms with Crippen LogP contribution in [0.15, 0.2) is 55.3 Å². The molecular weight excluding hydrogens is 312 g/mol. The molecule has 1 aliphatic heterocycles. The van der Waals surface area contributed by atoms with Crippen molar-refractivity contribution in [1.82, 2.24) is 10.3 Å². The number of hydrogen-bond donors (Lipinski definition) is 2. The third kappa shape index (κ3) is 4.59. The van der Waals surface area contributed by atoms with Gasteiger partial charge in [0.2, 0.25) is 0 Å². The van der Waals surface area contributed by atoms with Crippen LogP contribution < -0.4 is 15.5 Å². The molecule has 0 saturated carbocycles. The highest BCUT2D eigenvalue weighted by Gasteiger charge is 2.10. The van der Waals surface area contributed by atoms with E-state index in [-0.39, 0.29) is 5.91 Å². The number of benzene rings is 1. The van der Waals surface area contributed by atoms with E-state index in [1.165, 1.54) is 24.9 Å². The molecule has 1 fully saturated rings. The van der Waals surface area contributed by atoms with E-state index in [9.17, 15) is 4.79 Å². The molecule has 5 nitrogen and oxygen atoms in total. The van der Waals surface area contributed by atoms with Gasteiger partial charge in [0.1, 0.15) is 5.69 Å². The quantitative estimate of drug-likeness (QED) is 0.789. The van der Waals surface area contributed by atoms with E-state index in [0.717, 1.165) is 24.5 Å². The zero-order valence-corrected chi connectivity index (χ0v) is 14.4. The van der Waals surface area contributed by atoms with Crippen molar-refractivity contribution < 1.29 is 4.79 Å². The number of nitrogens with one attached hydrogen (secondary N) is 2. The number of carbonyl (C=O) groups excluding carboxylic acids is 1. The van der Waals surface area contributed by atoms with E-state index in [1.54, 1.807) is 18.3 Å². The van der Waals surface area contributed by atoms with Gasteiger partial charge in [-0.25, -0.2) is 4.98 Å². The first kappa shape index (κ1) is 17.0. The molecule has 5 heteroatoms. The Balaban J connectivity index is 1.60. The van der Waals surface area contributed by atoms with E-state index in [1.807, 2.05) is 6.07 Å². The molecule has 25 heavy (non-hydrogen) atoms. The van der Waals surface area contributed by atoms with Crippen molar-refractivity contribution in [1.29, 1.82) is 0 Å². The maximum Gasteiger partial charge on any atom is 0.270 e. The van der Waals surface area contributed by atoms with Crippen LogP contribution in [0.1, 0.15) is 29.8 Å². The Morgan fingerprint density at radius 1 is 1.08 bits per heavy atom. The van der Waals surface area contributed by atoms with Gasteiger partial charge in [-0.1, -0.05) is 6.08 Å². The van der Waals surface area contributed by atoms with E-state index in [2.05, 4.69) is 51.4 Å². The van der Waals surface area contributed by atoms with E-state index < -0.39 is 0 Å². The molecule has 0 atom stereocenters. The summed E-state index contributed by atoms with van der Waals surface area (Å²) in [6, 6.07) is 12.0. The van der Waals surface area contributed by atoms with Gasteiger partial charge in [-0.15, -0.1) is 6.58 Å². The summed E-state index contributed by atoms with van der Waals surface area (Å²) in [4.78, 5) is 18.5. The Bertz CT molecular complexity index is 703. The molecule has 0 aliphatic carbocycles. The summed E-state index contributed by atoms with van der Waals surface area (Å²) in [7, 11) is 0. The van der Waals surface area contributed by atoms with Crippen LogP contribution in [0.2, 0.25) is 0 Å². The fourth-order valence-electron chi connectivity index (χ4n) is 2.93. The van der Waals surface area contributed by atoms with Crippen molar-refractivity contribution in [2.24, 2.45) is 0 Å². The van der Waals surface area contributed by atoms with Crippen LogP contribution in [0, 0.1) is 0 Å². The predicted octanol–water partition coefficient (Wildman–Crippen LogP) is 3.73. The normalized spacial score (nSPS) is 14.0. The van der Waals surface area contributed by atoms with Crippen molar-refractivity contribution in [2.75, 3.05) is 29.9 Å². The Kier molecular flexibility index (Phi) is 5.67. The highest BCUT2D eigenvalue weighted by atomic mass is 16.1. The van der Waals surface area contributed by atoms with Crippen LogP contribution in [0.3, 0.4) is 0 Å². The molecule has 1 aromatic carbocycles. The molecule has 0 spiro atoms. The predicted molar refractivity (Wildman–Crippen MR) is 103 cm³/mol. The second-order valence-electron chi connectivity index (χ2n) is 6.15. The number of piperidine rings is 1. The number of pyridine rings is 1. The van der Waals surface area contributed by atoms with Gasteiger partial charge in [-0.3, -0.25) is 4.79 Å². The van der Waals surface area contributed by atoms with Crippen LogP contribution in [-0.4, -0.2) is 30.5 Å². The molecule has 0 radical (unpaired) electrons. The zero-order valence-electron chi connectivity index (χ0n) is 14.4. The van der Waals surface area contributed by atoms with Gasteiger partial charge in [0.15, 0.2) is 0 Å². The molecule has 2 heterocycles. The van der Waals surface area contributed by atoms with Crippen LogP contribution in [0.25, 0.3) is 0 Å². The average Bonchev–Trinajstić information content (AvgIpc) is 2.68. The lowest BCUT2D eigenvalue weighted by Crippen LogP contribution is -2.29. The number of anilines is 3. The van der Waals surface area contributed by atoms with E-state index in [0.29, 0.717) is 12.2 Å². The lowest BCUT2D eigenvalue weighted by Gasteiger charge is -2.28. The molecule has 1 aromatic heterocycles. The highest BCUT2D eigenvalue weighted by Crippen LogP contribution is 2.23. The minimum absolute atomic E-state index is 0.197. The third-order valence-electron chi connectivity index (χ3n) is 4.28. The maximum absolute atomic E-state index is 11.8. The van der Waals surface area contributed by atoms with Gasteiger partial charge < -0.3 is 15.5 Å². The fraction of sp³-hybridized carbons (Fsp3) is 0.300. The lowest BCUT2D eigenvalue weighted by atomic mass is 10.1. The van der Waals surface area contributed by atoms with Crippen molar-refractivity contribution in [3.8, 4) is 0 Å². The number of rotatable bonds is 6. The monoisotopic (exact) mass is 336 g/mol. The number of amides is 1. The molecule has 1 aliphatic rings. The van der Waals surface area contributed by atoms with Gasteiger partial charge in [0, 0.05) is 31.0 Å². The fourth-order valence-corrected chi connectivity index (χ4v) is 2.93. The summed E-state index contributed by atoms with van der Waals surface area (Å²) in [5, 5.41) is 6.03. The SMILES string of the molecule is C=CCNC(=O)c1ccc(Nc2ccc(N3CCCCC3)cc2)cn1. The summed E-state index contributed by atoms with van der Waals surface area (Å²) in [6.07, 6.45) is 7.20. The molecule has 2 aromatic rings. The number of aromatic nitrogens is 1. The summed E-state index contributed by atoms with van der Waals surface area (Å²) >= 11 is 0. The first-order chi connectivity index (χ1) is 12.3. The van der Waals surface area contributed by atoms with Crippen LogP contribution in [0.5, 0.6) is 0 Å². The maximum atomic E-state index is 11.8. The Hall–Kier alpha value is -2.82. The average molecular weight is 336 g/mol. The molecule has 130 valence electrons. The second-order valence-corrected chi connectivity index (χ2v) is 6.15. The summed E-state index contributed by atoms with van der Waals surface area (Å²) in [6.45, 7) is 6.30. The van der Waals surface area contributed by atoms with Crippen molar-refractivity contribution >= 4 is 23.0 Å². The lowest BCUT2D eigenvalue weighted by molar-refractivity contribution is 0.0953. The smallest absolute Gasteiger partial charge is 0.270 e. The van der Waals surface area contributed by atoms with Crippen molar-refractivity contribution in [3.05, 3.63) is 60.9 Å². The first-order valence-corrected chi connectivity index (χ1v) is 8.73. The molecule has 1 saturated heterocycles. The second kappa shape index (κ2) is 8.33. The topological polar surface area (TPSA) is 57.3 Å². The summed E-state index contributed by atoms with van der Waals surface area (Å²) in [5.74, 6) is -0.197. The number of hydrogen-bond acceptors (Lipinski definition) is 4. The van der Waals surface area contributed by atoms with Crippen LogP contribution >= 0.6 is 0 Å². The minimum atomic E-state index is -0.197. The van der Waals surface area contributed by atoms with E-state index >= 15 is 0 Å². The van der Waals surface area contributed by atoms with Gasteiger partial charge >= 0.3 is 0 Å². The molecule has 0 bridgehead atoms. The van der Waals surface area contributed by atoms with Crippen molar-refractivity contribution in [2.45, 2.75) is 19.3 Å². The summed E-state index contributed by atoms with van der Waals surface area (Å²) in [5.41, 5.74) is 3.53. The van der Waals surface area contributed by atoms with Gasteiger partial charge in [0.05, 0.1) is 11.9 Å². The third-order valence-corrected chi connectivity index (χ3v) is 4.28. The standard InChI is InChI=1S/C20H24N4O/c1-2-12-21-20(25)19-11-8-17(15-22-19)23-16-6-9-18(10-7-16)24-13-4-3-5-14-24/h2,6-11,15,23H,1,3-5,12-14H2,(H,21,25). The molecule has 3 rings (SSSR count). The molecular formula is C20H24N4O. The van der Waals surface area contributed by atoms with Gasteiger partial charge in [0.25, 0.3) is 5.91 Å². The highest BCUT2D eigenvalue weighted by molar-refractivity contribution is 5.92. The largest absolute Gasteiger partial charge is 0.372 e. The minimum Gasteiger partial charge on any atom is -0.372 e. The number of nitrogens with zero attached hydrogens (tertiary/aromatic N) is 2. The van der Waals surface area contributed by atoms with Gasteiger partial charge in [-0.05, 0) is 55.7 Å². The Morgan fingerprint density at radius 2 is 1.80 bits per heavy atom. The molecule has 1 amide bonds. The van der Waals surface area contributed by atoms with Crippen LogP contribution in [-0.2, 0) is 0 Å². The Labute approximate surface area is 148 Å². The molecule has 0 unspecified atom stereocenters. The first-order valence-electron chi connectivity index (χ1n) is 8.73. The summed E-state index contributed by atoms with van der Waals surface area (Å²) < 4.78 is 0. The van der Waals surface area contributed by atoms with Crippen molar-refractivity contribution in [3.63, 3.8) is 0 Å².